The Kier molecular flexibility index (Phi) is 6.26. The molecule has 6 nitrogen and oxygen atoms in total. The third-order valence-corrected chi connectivity index (χ3v) is 10.6. The fourth-order valence-corrected chi connectivity index (χ4v) is 8.82. The van der Waals surface area contributed by atoms with Crippen LogP contribution in [0.5, 0.6) is 0 Å². The van der Waals surface area contributed by atoms with E-state index < -0.39 is 24.4 Å². The first-order valence-electron chi connectivity index (χ1n) is 12.3. The van der Waals surface area contributed by atoms with Crippen molar-refractivity contribution in [1.82, 2.24) is 0 Å². The molecule has 4 aliphatic rings. The van der Waals surface area contributed by atoms with E-state index in [2.05, 4.69) is 20.8 Å². The number of methoxy groups -OCH3 is 1. The number of carbonyl (C=O) groups is 1. The summed E-state index contributed by atoms with van der Waals surface area (Å²) in [5, 5.41) is 44.2. The lowest BCUT2D eigenvalue weighted by atomic mass is 9.42. The van der Waals surface area contributed by atoms with Crippen LogP contribution in [0.1, 0.15) is 72.1 Å². The molecule has 6 heteroatoms. The predicted octanol–water partition coefficient (Wildman–Crippen LogP) is 2.51. The molecule has 4 fully saturated rings. The zero-order valence-electron chi connectivity index (χ0n) is 19.5. The van der Waals surface area contributed by atoms with Gasteiger partial charge in [-0.2, -0.15) is 0 Å². The molecule has 0 unspecified atom stereocenters. The summed E-state index contributed by atoms with van der Waals surface area (Å²) >= 11 is 0. The molecule has 0 heterocycles. The van der Waals surface area contributed by atoms with Crippen molar-refractivity contribution in [2.75, 3.05) is 7.11 Å². The number of rotatable bonds is 4. The Morgan fingerprint density at radius 1 is 1.00 bits per heavy atom. The molecule has 178 valence electrons. The minimum absolute atomic E-state index is 0.0299. The second-order valence-corrected chi connectivity index (χ2v) is 11.7. The third-order valence-electron chi connectivity index (χ3n) is 10.6. The highest BCUT2D eigenvalue weighted by atomic mass is 16.5. The maximum absolute atomic E-state index is 11.7. The van der Waals surface area contributed by atoms with E-state index in [1.807, 2.05) is 0 Å². The molecule has 31 heavy (non-hydrogen) atoms. The predicted molar refractivity (Wildman–Crippen MR) is 116 cm³/mol. The Morgan fingerprint density at radius 2 is 1.71 bits per heavy atom. The first kappa shape index (κ1) is 23.5. The maximum atomic E-state index is 11.7. The Balaban J connectivity index is 1.61. The van der Waals surface area contributed by atoms with Crippen LogP contribution in [0.4, 0.5) is 0 Å². The van der Waals surface area contributed by atoms with E-state index in [9.17, 15) is 25.2 Å². The van der Waals surface area contributed by atoms with Crippen molar-refractivity contribution in [3.63, 3.8) is 0 Å². The zero-order chi connectivity index (χ0) is 22.7. The van der Waals surface area contributed by atoms with Crippen LogP contribution in [0, 0.1) is 46.3 Å². The molecule has 12 atom stereocenters. The van der Waals surface area contributed by atoms with Crippen molar-refractivity contribution in [3.8, 4) is 0 Å². The maximum Gasteiger partial charge on any atom is 0.305 e. The van der Waals surface area contributed by atoms with Gasteiger partial charge in [-0.15, -0.1) is 0 Å². The van der Waals surface area contributed by atoms with Gasteiger partial charge in [0.05, 0.1) is 31.5 Å². The van der Waals surface area contributed by atoms with Crippen LogP contribution in [0.15, 0.2) is 0 Å². The van der Waals surface area contributed by atoms with Gasteiger partial charge >= 0.3 is 5.97 Å². The number of ether oxygens (including phenoxy) is 1. The molecular formula is C25H42O6. The standard InChI is InChI=1S/C25H42O6/c1-13(5-8-20(28)31-4)15-6-7-16-21-17(12-19(27)25(15,16)3)24(2)10-9-14(26)11-18(24)22(29)23(21)30/h13-19,21-23,26-27,29-30H,5-12H2,1-4H3/t13-,14+,15+,16+,17-,18+,19-,21+,22-,23+,24+,25+/m0/s1. The quantitative estimate of drug-likeness (QED) is 0.503. The molecule has 0 aromatic rings. The summed E-state index contributed by atoms with van der Waals surface area (Å²) < 4.78 is 4.81. The van der Waals surface area contributed by atoms with Crippen molar-refractivity contribution in [2.45, 2.75) is 96.6 Å². The highest BCUT2D eigenvalue weighted by Crippen LogP contribution is 2.68. The highest BCUT2D eigenvalue weighted by molar-refractivity contribution is 5.69. The highest BCUT2D eigenvalue weighted by Gasteiger charge is 2.67. The number of hydrogen-bond donors (Lipinski definition) is 4. The molecule has 0 saturated heterocycles. The smallest absolute Gasteiger partial charge is 0.305 e. The molecular weight excluding hydrogens is 396 g/mol. The third kappa shape index (κ3) is 3.48. The van der Waals surface area contributed by atoms with Crippen molar-refractivity contribution < 1.29 is 30.0 Å². The summed E-state index contributed by atoms with van der Waals surface area (Å²) in [6, 6.07) is 0. The minimum atomic E-state index is -0.823. The van der Waals surface area contributed by atoms with E-state index in [1.54, 1.807) is 0 Å². The molecule has 4 saturated carbocycles. The van der Waals surface area contributed by atoms with Gasteiger partial charge in [0, 0.05) is 6.42 Å². The summed E-state index contributed by atoms with van der Waals surface area (Å²) in [5.41, 5.74) is -0.492. The second kappa shape index (κ2) is 8.27. The number of aliphatic hydroxyl groups excluding tert-OH is 4. The second-order valence-electron chi connectivity index (χ2n) is 11.7. The summed E-state index contributed by atoms with van der Waals surface area (Å²) in [4.78, 5) is 11.7. The number of carbonyl (C=O) groups excluding carboxylic acids is 1. The number of hydrogen-bond acceptors (Lipinski definition) is 6. The Morgan fingerprint density at radius 3 is 2.39 bits per heavy atom. The number of fused-ring (bicyclic) bond motifs is 5. The van der Waals surface area contributed by atoms with Gasteiger partial charge in [0.1, 0.15) is 0 Å². The van der Waals surface area contributed by atoms with Crippen LogP contribution >= 0.6 is 0 Å². The van der Waals surface area contributed by atoms with Crippen LogP contribution in [0.3, 0.4) is 0 Å². The SMILES string of the molecule is COC(=O)CC[C@H](C)[C@H]1CC[C@@H]2[C@H]3[C@@H](O)[C@@H](O)[C@H]4C[C@H](O)CC[C@]4(C)[C@H]3C[C@H](O)[C@@]21C. The molecule has 0 aromatic heterocycles. The van der Waals surface area contributed by atoms with Crippen LogP contribution in [0.25, 0.3) is 0 Å². The molecule has 0 bridgehead atoms. The van der Waals surface area contributed by atoms with E-state index in [-0.39, 0.29) is 52.3 Å². The van der Waals surface area contributed by atoms with E-state index in [0.29, 0.717) is 19.3 Å². The van der Waals surface area contributed by atoms with Gasteiger partial charge in [-0.25, -0.2) is 0 Å². The first-order valence-corrected chi connectivity index (χ1v) is 12.3. The largest absolute Gasteiger partial charge is 0.469 e. The summed E-state index contributed by atoms with van der Waals surface area (Å²) in [6.45, 7) is 6.58. The molecule has 0 aromatic carbocycles. The molecule has 0 amide bonds. The number of aliphatic hydroxyl groups is 4. The van der Waals surface area contributed by atoms with Gasteiger partial charge in [-0.1, -0.05) is 20.8 Å². The molecule has 0 aliphatic heterocycles. The molecule has 4 aliphatic carbocycles. The van der Waals surface area contributed by atoms with Gasteiger partial charge in [0.2, 0.25) is 0 Å². The topological polar surface area (TPSA) is 107 Å². The minimum Gasteiger partial charge on any atom is -0.469 e. The average Bonchev–Trinajstić information content (AvgIpc) is 3.10. The summed E-state index contributed by atoms with van der Waals surface area (Å²) in [5.74, 6) is 0.514. The normalized spacial score (nSPS) is 52.6. The number of esters is 1. The molecule has 0 radical (unpaired) electrons. The first-order chi connectivity index (χ1) is 14.6. The van der Waals surface area contributed by atoms with E-state index in [1.165, 1.54) is 7.11 Å². The zero-order valence-corrected chi connectivity index (χ0v) is 19.5. The fourth-order valence-electron chi connectivity index (χ4n) is 8.82. The van der Waals surface area contributed by atoms with Gasteiger partial charge in [-0.3, -0.25) is 4.79 Å². The van der Waals surface area contributed by atoms with Crippen LogP contribution in [-0.4, -0.2) is 57.9 Å². The summed E-state index contributed by atoms with van der Waals surface area (Å²) in [6.07, 6.45) is 3.27. The Bertz CT molecular complexity index is 683. The monoisotopic (exact) mass is 438 g/mol. The van der Waals surface area contributed by atoms with Crippen LogP contribution in [0.2, 0.25) is 0 Å². The molecule has 4 rings (SSSR count). The average molecular weight is 439 g/mol. The van der Waals surface area contributed by atoms with Crippen LogP contribution < -0.4 is 0 Å². The van der Waals surface area contributed by atoms with Gasteiger partial charge in [0.25, 0.3) is 0 Å². The van der Waals surface area contributed by atoms with Crippen molar-refractivity contribution >= 4 is 5.97 Å². The van der Waals surface area contributed by atoms with Crippen molar-refractivity contribution in [1.29, 1.82) is 0 Å². The van der Waals surface area contributed by atoms with E-state index in [4.69, 9.17) is 4.74 Å². The lowest BCUT2D eigenvalue weighted by Gasteiger charge is -2.64. The van der Waals surface area contributed by atoms with Gasteiger partial charge in [-0.05, 0) is 91.3 Å². The van der Waals surface area contributed by atoms with Crippen LogP contribution in [-0.2, 0) is 9.53 Å². The van der Waals surface area contributed by atoms with Gasteiger partial charge < -0.3 is 25.2 Å². The Hall–Kier alpha value is -0.690. The van der Waals surface area contributed by atoms with Gasteiger partial charge in [0.15, 0.2) is 0 Å². The fraction of sp³-hybridized carbons (Fsp3) is 0.960. The van der Waals surface area contributed by atoms with E-state index >= 15 is 0 Å². The lowest BCUT2D eigenvalue weighted by Crippen LogP contribution is -2.66. The molecule has 0 spiro atoms. The molecule has 4 N–H and O–H groups in total. The van der Waals surface area contributed by atoms with E-state index in [0.717, 1.165) is 32.1 Å². The van der Waals surface area contributed by atoms with Crippen molar-refractivity contribution in [2.24, 2.45) is 46.3 Å². The Labute approximate surface area is 186 Å². The summed E-state index contributed by atoms with van der Waals surface area (Å²) in [7, 11) is 1.42. The van der Waals surface area contributed by atoms with Crippen molar-refractivity contribution in [3.05, 3.63) is 0 Å². The lowest BCUT2D eigenvalue weighted by molar-refractivity contribution is -0.243.